The number of nitrogens with one attached hydrogen (secondary N) is 1. The van der Waals surface area contributed by atoms with Crippen LogP contribution in [0.4, 0.5) is 4.79 Å². The van der Waals surface area contributed by atoms with Gasteiger partial charge in [-0.05, 0) is 32.4 Å². The van der Waals surface area contributed by atoms with E-state index in [2.05, 4.69) is 11.9 Å². The molecule has 4 heteroatoms. The Morgan fingerprint density at radius 2 is 1.84 bits per heavy atom. The van der Waals surface area contributed by atoms with E-state index in [4.69, 9.17) is 4.74 Å². The van der Waals surface area contributed by atoms with E-state index in [1.54, 1.807) is 45.0 Å². The van der Waals surface area contributed by atoms with Gasteiger partial charge in [-0.1, -0.05) is 36.9 Å². The summed E-state index contributed by atoms with van der Waals surface area (Å²) in [5.74, 6) is -0.281. The van der Waals surface area contributed by atoms with Gasteiger partial charge in [-0.3, -0.25) is 4.79 Å². The van der Waals surface area contributed by atoms with Crippen molar-refractivity contribution in [2.75, 3.05) is 0 Å². The van der Waals surface area contributed by atoms with Gasteiger partial charge in [0.2, 0.25) is 0 Å². The summed E-state index contributed by atoms with van der Waals surface area (Å²) in [5, 5.41) is 2.56. The predicted molar refractivity (Wildman–Crippen MR) is 73.8 cm³/mol. The molecule has 4 nitrogen and oxygen atoms in total. The highest BCUT2D eigenvalue weighted by Gasteiger charge is 2.23. The normalized spacial score (nSPS) is 12.4. The molecule has 1 rings (SSSR count). The molecule has 1 aromatic rings. The minimum absolute atomic E-state index is 0.281. The van der Waals surface area contributed by atoms with Crippen LogP contribution in [-0.4, -0.2) is 17.5 Å². The van der Waals surface area contributed by atoms with Crippen LogP contribution in [-0.2, 0) is 9.53 Å². The number of ketones is 1. The topological polar surface area (TPSA) is 55.4 Å². The lowest BCUT2D eigenvalue weighted by Crippen LogP contribution is -2.37. The van der Waals surface area contributed by atoms with Crippen LogP contribution in [0.25, 0.3) is 0 Å². The summed E-state index contributed by atoms with van der Waals surface area (Å²) in [4.78, 5) is 23.6. The van der Waals surface area contributed by atoms with Gasteiger partial charge in [0.1, 0.15) is 11.6 Å². The molecule has 1 aromatic carbocycles. The Kier molecular flexibility index (Phi) is 4.87. The fraction of sp³-hybridized carbons (Fsp3) is 0.333. The third kappa shape index (κ3) is 4.95. The molecule has 19 heavy (non-hydrogen) atoms. The molecule has 1 amide bonds. The Bertz CT molecular complexity index is 460. The average Bonchev–Trinajstić information content (AvgIpc) is 2.34. The standard InChI is InChI=1S/C15H19NO3/c1-5-12(17)13(11-9-7-6-8-10-11)16-14(18)19-15(2,3)4/h5-10,13H,1H2,2-4H3,(H,16,18). The lowest BCUT2D eigenvalue weighted by molar-refractivity contribution is -0.116. The molecule has 1 atom stereocenters. The van der Waals surface area contributed by atoms with Crippen LogP contribution in [0, 0.1) is 0 Å². The minimum Gasteiger partial charge on any atom is -0.444 e. The monoisotopic (exact) mass is 261 g/mol. The summed E-state index contributed by atoms with van der Waals surface area (Å²) in [6.45, 7) is 8.74. The van der Waals surface area contributed by atoms with Crippen molar-refractivity contribution >= 4 is 11.9 Å². The molecular weight excluding hydrogens is 242 g/mol. The van der Waals surface area contributed by atoms with Crippen molar-refractivity contribution in [1.82, 2.24) is 5.32 Å². The summed E-state index contributed by atoms with van der Waals surface area (Å²) >= 11 is 0. The predicted octanol–water partition coefficient (Wildman–Crippen LogP) is 3.01. The van der Waals surface area contributed by atoms with Crippen LogP contribution in [0.1, 0.15) is 32.4 Å². The zero-order valence-electron chi connectivity index (χ0n) is 11.5. The summed E-state index contributed by atoms with van der Waals surface area (Å²) in [6, 6.07) is 8.21. The first-order chi connectivity index (χ1) is 8.83. The largest absolute Gasteiger partial charge is 0.444 e. The Balaban J connectivity index is 2.86. The average molecular weight is 261 g/mol. The second-order valence-electron chi connectivity index (χ2n) is 5.10. The summed E-state index contributed by atoms with van der Waals surface area (Å²) < 4.78 is 5.15. The van der Waals surface area contributed by atoms with Gasteiger partial charge in [0, 0.05) is 0 Å². The maximum atomic E-state index is 11.8. The fourth-order valence-corrected chi connectivity index (χ4v) is 1.51. The van der Waals surface area contributed by atoms with Gasteiger partial charge in [-0.25, -0.2) is 4.79 Å². The molecule has 1 unspecified atom stereocenters. The number of alkyl carbamates (subject to hydrolysis) is 1. The Morgan fingerprint density at radius 3 is 2.32 bits per heavy atom. The number of hydrogen-bond acceptors (Lipinski definition) is 3. The van der Waals surface area contributed by atoms with E-state index in [-0.39, 0.29) is 5.78 Å². The second-order valence-corrected chi connectivity index (χ2v) is 5.10. The molecule has 0 bridgehead atoms. The maximum Gasteiger partial charge on any atom is 0.408 e. The zero-order valence-corrected chi connectivity index (χ0v) is 11.5. The van der Waals surface area contributed by atoms with E-state index in [0.717, 1.165) is 0 Å². The molecule has 1 N–H and O–H groups in total. The molecule has 0 radical (unpaired) electrons. The fourth-order valence-electron chi connectivity index (χ4n) is 1.51. The molecule has 0 spiro atoms. The van der Waals surface area contributed by atoms with Gasteiger partial charge in [0.05, 0.1) is 0 Å². The van der Waals surface area contributed by atoms with Gasteiger partial charge in [-0.15, -0.1) is 0 Å². The second kappa shape index (κ2) is 6.18. The Labute approximate surface area is 113 Å². The van der Waals surface area contributed by atoms with Crippen molar-refractivity contribution in [3.63, 3.8) is 0 Å². The number of carbonyl (C=O) groups excluding carboxylic acids is 2. The van der Waals surface area contributed by atoms with Gasteiger partial charge in [0.15, 0.2) is 5.78 Å². The number of hydrogen-bond donors (Lipinski definition) is 1. The van der Waals surface area contributed by atoms with E-state index in [1.165, 1.54) is 6.08 Å². The highest BCUT2D eigenvalue weighted by Crippen LogP contribution is 2.15. The van der Waals surface area contributed by atoms with E-state index >= 15 is 0 Å². The number of amides is 1. The lowest BCUT2D eigenvalue weighted by atomic mass is 10.0. The zero-order chi connectivity index (χ0) is 14.5. The molecule has 0 fully saturated rings. The molecule has 0 aliphatic rings. The molecule has 102 valence electrons. The van der Waals surface area contributed by atoms with E-state index in [1.807, 2.05) is 6.07 Å². The molecule has 0 heterocycles. The first-order valence-electron chi connectivity index (χ1n) is 6.04. The molecule has 0 aromatic heterocycles. The van der Waals surface area contributed by atoms with Crippen LogP contribution in [0.15, 0.2) is 43.0 Å². The van der Waals surface area contributed by atoms with Gasteiger partial charge in [-0.2, -0.15) is 0 Å². The highest BCUT2D eigenvalue weighted by atomic mass is 16.6. The van der Waals surface area contributed by atoms with Crippen molar-refractivity contribution in [3.05, 3.63) is 48.6 Å². The number of benzene rings is 1. The van der Waals surface area contributed by atoms with E-state index in [0.29, 0.717) is 5.56 Å². The van der Waals surface area contributed by atoms with Crippen LogP contribution in [0.2, 0.25) is 0 Å². The Morgan fingerprint density at radius 1 is 1.26 bits per heavy atom. The van der Waals surface area contributed by atoms with Crippen LogP contribution >= 0.6 is 0 Å². The SMILES string of the molecule is C=CC(=O)C(NC(=O)OC(C)(C)C)c1ccccc1. The van der Waals surface area contributed by atoms with Gasteiger partial charge in [0.25, 0.3) is 0 Å². The smallest absolute Gasteiger partial charge is 0.408 e. The maximum absolute atomic E-state index is 11.8. The summed E-state index contributed by atoms with van der Waals surface area (Å²) in [5.41, 5.74) is 0.0842. The van der Waals surface area contributed by atoms with Crippen LogP contribution < -0.4 is 5.32 Å². The van der Waals surface area contributed by atoms with E-state index in [9.17, 15) is 9.59 Å². The van der Waals surface area contributed by atoms with Crippen LogP contribution in [0.3, 0.4) is 0 Å². The van der Waals surface area contributed by atoms with Crippen LogP contribution in [0.5, 0.6) is 0 Å². The Hall–Kier alpha value is -2.10. The third-order valence-electron chi connectivity index (χ3n) is 2.28. The summed E-state index contributed by atoms with van der Waals surface area (Å²) in [7, 11) is 0. The first kappa shape index (κ1) is 15.0. The van der Waals surface area contributed by atoms with E-state index < -0.39 is 17.7 Å². The van der Waals surface area contributed by atoms with Crippen molar-refractivity contribution in [1.29, 1.82) is 0 Å². The summed E-state index contributed by atoms with van der Waals surface area (Å²) in [6.07, 6.45) is 0.561. The molecule has 0 saturated heterocycles. The molecular formula is C15H19NO3. The number of rotatable bonds is 4. The van der Waals surface area contributed by atoms with Crippen molar-refractivity contribution in [2.45, 2.75) is 32.4 Å². The third-order valence-corrected chi connectivity index (χ3v) is 2.28. The minimum atomic E-state index is -0.770. The van der Waals surface area contributed by atoms with Crippen molar-refractivity contribution in [3.8, 4) is 0 Å². The number of ether oxygens (including phenoxy) is 1. The van der Waals surface area contributed by atoms with Crippen molar-refractivity contribution < 1.29 is 14.3 Å². The molecule has 0 aliphatic heterocycles. The quantitative estimate of drug-likeness (QED) is 0.848. The first-order valence-corrected chi connectivity index (χ1v) is 6.04. The number of carbonyl (C=O) groups is 2. The lowest BCUT2D eigenvalue weighted by Gasteiger charge is -2.22. The van der Waals surface area contributed by atoms with Gasteiger partial charge >= 0.3 is 6.09 Å². The van der Waals surface area contributed by atoms with Gasteiger partial charge < -0.3 is 10.1 Å². The molecule has 0 saturated carbocycles. The van der Waals surface area contributed by atoms with Crippen molar-refractivity contribution in [2.24, 2.45) is 0 Å². The highest BCUT2D eigenvalue weighted by molar-refractivity contribution is 5.96. The molecule has 0 aliphatic carbocycles.